The second kappa shape index (κ2) is 7.72. The molecule has 7 heteroatoms. The average molecular weight is 386 g/mol. The van der Waals surface area contributed by atoms with Gasteiger partial charge in [-0.3, -0.25) is 0 Å². The van der Waals surface area contributed by atoms with E-state index in [1.54, 1.807) is 12.1 Å². The van der Waals surface area contributed by atoms with Gasteiger partial charge in [0.15, 0.2) is 0 Å². The van der Waals surface area contributed by atoms with Crippen molar-refractivity contribution in [1.82, 2.24) is 14.9 Å². The molecule has 0 bridgehead atoms. The van der Waals surface area contributed by atoms with Gasteiger partial charge in [0.25, 0.3) is 0 Å². The number of aryl methyl sites for hydroxylation is 1. The number of piperidine rings is 1. The van der Waals surface area contributed by atoms with E-state index in [1.165, 1.54) is 19.3 Å². The number of nitrogens with one attached hydrogen (secondary N) is 1. The van der Waals surface area contributed by atoms with E-state index < -0.39 is 0 Å². The topological polar surface area (TPSA) is 61.4 Å². The van der Waals surface area contributed by atoms with Crippen molar-refractivity contribution in [3.63, 3.8) is 0 Å². The fourth-order valence-electron chi connectivity index (χ4n) is 3.83. The highest BCUT2D eigenvalue weighted by atomic mass is 35.5. The Morgan fingerprint density at radius 3 is 2.74 bits per heavy atom. The summed E-state index contributed by atoms with van der Waals surface area (Å²) in [6.45, 7) is 5.18. The molecule has 2 aliphatic heterocycles. The number of urea groups is 1. The van der Waals surface area contributed by atoms with Crippen molar-refractivity contribution in [2.45, 2.75) is 39.2 Å². The van der Waals surface area contributed by atoms with Crippen LogP contribution in [0.4, 0.5) is 16.3 Å². The molecule has 142 valence electrons. The number of nitrogens with zero attached hydrogens (tertiary/aromatic N) is 4. The van der Waals surface area contributed by atoms with Gasteiger partial charge in [0, 0.05) is 42.3 Å². The van der Waals surface area contributed by atoms with Crippen LogP contribution in [0.15, 0.2) is 24.3 Å². The van der Waals surface area contributed by atoms with Crippen LogP contribution in [-0.2, 0) is 13.0 Å². The van der Waals surface area contributed by atoms with Crippen molar-refractivity contribution in [1.29, 1.82) is 0 Å². The Hall–Kier alpha value is -2.34. The number of fused-ring (bicyclic) bond motifs is 1. The maximum Gasteiger partial charge on any atom is 0.322 e. The van der Waals surface area contributed by atoms with Gasteiger partial charge < -0.3 is 15.1 Å². The predicted molar refractivity (Wildman–Crippen MR) is 107 cm³/mol. The molecule has 1 N–H and O–H groups in total. The molecule has 1 aromatic carbocycles. The second-order valence-electron chi connectivity index (χ2n) is 7.18. The molecule has 0 saturated carbocycles. The Morgan fingerprint density at radius 1 is 1.15 bits per heavy atom. The van der Waals surface area contributed by atoms with Crippen LogP contribution in [0.1, 0.15) is 36.3 Å². The lowest BCUT2D eigenvalue weighted by molar-refractivity contribution is 0.206. The fourth-order valence-corrected chi connectivity index (χ4v) is 4.02. The van der Waals surface area contributed by atoms with E-state index >= 15 is 0 Å². The van der Waals surface area contributed by atoms with E-state index in [0.717, 1.165) is 42.4 Å². The van der Waals surface area contributed by atoms with E-state index in [-0.39, 0.29) is 6.03 Å². The van der Waals surface area contributed by atoms with Crippen molar-refractivity contribution >= 4 is 29.1 Å². The molecule has 6 nitrogen and oxygen atoms in total. The Labute approximate surface area is 164 Å². The normalized spacial score (nSPS) is 16.8. The van der Waals surface area contributed by atoms with Crippen molar-refractivity contribution in [2.24, 2.45) is 0 Å². The molecule has 1 fully saturated rings. The lowest BCUT2D eigenvalue weighted by atomic mass is 10.0. The lowest BCUT2D eigenvalue weighted by Crippen LogP contribution is -2.41. The summed E-state index contributed by atoms with van der Waals surface area (Å²) < 4.78 is 0. The van der Waals surface area contributed by atoms with Gasteiger partial charge >= 0.3 is 6.03 Å². The van der Waals surface area contributed by atoms with Crippen LogP contribution in [0.2, 0.25) is 5.02 Å². The van der Waals surface area contributed by atoms with E-state index in [0.29, 0.717) is 23.8 Å². The number of amides is 2. The molecule has 0 spiro atoms. The van der Waals surface area contributed by atoms with Gasteiger partial charge in [0.1, 0.15) is 11.6 Å². The van der Waals surface area contributed by atoms with Gasteiger partial charge in [-0.15, -0.1) is 0 Å². The van der Waals surface area contributed by atoms with Gasteiger partial charge in [-0.2, -0.15) is 0 Å². The number of aromatic nitrogens is 2. The summed E-state index contributed by atoms with van der Waals surface area (Å²) in [7, 11) is 0. The molecule has 27 heavy (non-hydrogen) atoms. The third-order valence-electron chi connectivity index (χ3n) is 5.17. The van der Waals surface area contributed by atoms with E-state index in [9.17, 15) is 4.79 Å². The molecule has 1 saturated heterocycles. The SMILES string of the molecule is Cc1nc2c(c(N3CCCCC3)n1)CN(C(=O)Nc1cccc(Cl)c1)CC2. The van der Waals surface area contributed by atoms with Gasteiger partial charge in [0.2, 0.25) is 0 Å². The zero-order valence-corrected chi connectivity index (χ0v) is 16.3. The summed E-state index contributed by atoms with van der Waals surface area (Å²) in [5.41, 5.74) is 2.87. The number of benzene rings is 1. The van der Waals surface area contributed by atoms with Gasteiger partial charge in [0.05, 0.1) is 12.2 Å². The quantitative estimate of drug-likeness (QED) is 0.848. The summed E-state index contributed by atoms with van der Waals surface area (Å²) in [5.74, 6) is 1.82. The molecule has 4 rings (SSSR count). The molecule has 2 amide bonds. The van der Waals surface area contributed by atoms with Crippen molar-refractivity contribution in [3.05, 3.63) is 46.4 Å². The van der Waals surface area contributed by atoms with Crippen molar-refractivity contribution in [3.8, 4) is 0 Å². The first kappa shape index (κ1) is 18.0. The zero-order valence-electron chi connectivity index (χ0n) is 15.5. The standard InChI is InChI=1S/C20H24ClN5O/c1-14-22-18-8-11-26(20(27)24-16-7-5-6-15(21)12-16)13-17(18)19(23-14)25-9-3-2-4-10-25/h5-7,12H,2-4,8-11,13H2,1H3,(H,24,27). The maximum atomic E-state index is 12.8. The molecule has 0 aliphatic carbocycles. The molecule has 0 atom stereocenters. The minimum absolute atomic E-state index is 0.118. The first-order chi connectivity index (χ1) is 13.1. The monoisotopic (exact) mass is 385 g/mol. The first-order valence-electron chi connectivity index (χ1n) is 9.53. The van der Waals surface area contributed by atoms with E-state index in [4.69, 9.17) is 16.6 Å². The summed E-state index contributed by atoms with van der Waals surface area (Å²) >= 11 is 6.02. The molecular formula is C20H24ClN5O. The van der Waals surface area contributed by atoms with Crippen LogP contribution < -0.4 is 10.2 Å². The maximum absolute atomic E-state index is 12.8. The number of rotatable bonds is 2. The Balaban J connectivity index is 1.55. The minimum Gasteiger partial charge on any atom is -0.356 e. The number of hydrogen-bond acceptors (Lipinski definition) is 4. The minimum atomic E-state index is -0.118. The van der Waals surface area contributed by atoms with Gasteiger partial charge in [-0.05, 0) is 44.4 Å². The lowest BCUT2D eigenvalue weighted by Gasteiger charge is -2.34. The molecular weight excluding hydrogens is 362 g/mol. The number of hydrogen-bond donors (Lipinski definition) is 1. The van der Waals surface area contributed by atoms with Crippen LogP contribution in [-0.4, -0.2) is 40.5 Å². The molecule has 1 aromatic heterocycles. The summed E-state index contributed by atoms with van der Waals surface area (Å²) in [4.78, 5) is 26.3. The Morgan fingerprint density at radius 2 is 1.96 bits per heavy atom. The van der Waals surface area contributed by atoms with Crippen LogP contribution >= 0.6 is 11.6 Å². The molecule has 2 aromatic rings. The summed E-state index contributed by atoms with van der Waals surface area (Å²) in [5, 5.41) is 3.55. The van der Waals surface area contributed by atoms with Crippen LogP contribution in [0.3, 0.4) is 0 Å². The highest BCUT2D eigenvalue weighted by Gasteiger charge is 2.27. The molecule has 3 heterocycles. The molecule has 0 radical (unpaired) electrons. The summed E-state index contributed by atoms with van der Waals surface area (Å²) in [6, 6.07) is 7.09. The number of carbonyl (C=O) groups excluding carboxylic acids is 1. The smallest absolute Gasteiger partial charge is 0.322 e. The third-order valence-corrected chi connectivity index (χ3v) is 5.40. The molecule has 2 aliphatic rings. The van der Waals surface area contributed by atoms with Crippen LogP contribution in [0, 0.1) is 6.92 Å². The fraction of sp³-hybridized carbons (Fsp3) is 0.450. The number of carbonyl (C=O) groups is 1. The Bertz CT molecular complexity index is 850. The third kappa shape index (κ3) is 4.00. The predicted octanol–water partition coefficient (Wildman–Crippen LogP) is 4.02. The largest absolute Gasteiger partial charge is 0.356 e. The number of anilines is 2. The first-order valence-corrected chi connectivity index (χ1v) is 9.91. The molecule has 0 unspecified atom stereocenters. The van der Waals surface area contributed by atoms with E-state index in [1.807, 2.05) is 24.0 Å². The zero-order chi connectivity index (χ0) is 18.8. The number of halogens is 1. The van der Waals surface area contributed by atoms with E-state index in [2.05, 4.69) is 15.2 Å². The average Bonchev–Trinajstić information content (AvgIpc) is 2.67. The highest BCUT2D eigenvalue weighted by Crippen LogP contribution is 2.29. The van der Waals surface area contributed by atoms with Gasteiger partial charge in [-0.1, -0.05) is 17.7 Å². The highest BCUT2D eigenvalue weighted by molar-refractivity contribution is 6.30. The Kier molecular flexibility index (Phi) is 5.16. The van der Waals surface area contributed by atoms with Gasteiger partial charge in [-0.25, -0.2) is 14.8 Å². The summed E-state index contributed by atoms with van der Waals surface area (Å²) in [6.07, 6.45) is 4.41. The van der Waals surface area contributed by atoms with Crippen LogP contribution in [0.5, 0.6) is 0 Å². The second-order valence-corrected chi connectivity index (χ2v) is 7.62. The van der Waals surface area contributed by atoms with Crippen molar-refractivity contribution < 1.29 is 4.79 Å². The van der Waals surface area contributed by atoms with Crippen molar-refractivity contribution in [2.75, 3.05) is 29.9 Å². The van der Waals surface area contributed by atoms with Crippen LogP contribution in [0.25, 0.3) is 0 Å².